The molecule has 0 saturated heterocycles. The van der Waals surface area contributed by atoms with Crippen molar-refractivity contribution in [3.8, 4) is 11.4 Å². The van der Waals surface area contributed by atoms with Crippen LogP contribution >= 0.6 is 15.9 Å². The van der Waals surface area contributed by atoms with E-state index in [1.165, 1.54) is 0 Å². The molecule has 21 heavy (non-hydrogen) atoms. The zero-order valence-electron chi connectivity index (χ0n) is 11.1. The van der Waals surface area contributed by atoms with Gasteiger partial charge < -0.3 is 9.84 Å². The molecule has 0 radical (unpaired) electrons. The molecule has 0 aliphatic carbocycles. The molecule has 6 heteroatoms. The fraction of sp³-hybridized carbons (Fsp3) is 0.0667. The van der Waals surface area contributed by atoms with E-state index in [9.17, 15) is 9.90 Å². The molecule has 1 heterocycles. The maximum absolute atomic E-state index is 11.3. The molecule has 3 rings (SSSR count). The summed E-state index contributed by atoms with van der Waals surface area (Å²) in [6, 6.07) is 10.7. The number of fused-ring (bicyclic) bond motifs is 1. The van der Waals surface area contributed by atoms with E-state index < -0.39 is 5.97 Å². The molecule has 0 amide bonds. The first kappa shape index (κ1) is 13.6. The van der Waals surface area contributed by atoms with Crippen LogP contribution in [-0.4, -0.2) is 27.7 Å². The van der Waals surface area contributed by atoms with Crippen molar-refractivity contribution in [3.63, 3.8) is 0 Å². The zero-order chi connectivity index (χ0) is 15.0. The van der Waals surface area contributed by atoms with Crippen LogP contribution in [0.15, 0.2) is 47.2 Å². The lowest BCUT2D eigenvalue weighted by atomic mass is 10.2. The number of rotatable bonds is 3. The molecular formula is C15H11BrN2O3. The van der Waals surface area contributed by atoms with E-state index in [4.69, 9.17) is 4.74 Å². The number of carbonyl (C=O) groups is 1. The molecule has 0 spiro atoms. The number of hydrogen-bond donors (Lipinski definition) is 1. The van der Waals surface area contributed by atoms with Gasteiger partial charge in [0.1, 0.15) is 17.6 Å². The normalized spacial score (nSPS) is 10.8. The summed E-state index contributed by atoms with van der Waals surface area (Å²) in [6.45, 7) is 0. The maximum atomic E-state index is 11.3. The second-order valence-electron chi connectivity index (χ2n) is 4.41. The third-order valence-corrected chi connectivity index (χ3v) is 3.70. The van der Waals surface area contributed by atoms with Crippen molar-refractivity contribution in [3.05, 3.63) is 52.8 Å². The lowest BCUT2D eigenvalue weighted by Crippen LogP contribution is -1.99. The number of ether oxygens (including phenoxy) is 1. The van der Waals surface area contributed by atoms with Crippen LogP contribution in [0, 0.1) is 0 Å². The van der Waals surface area contributed by atoms with Gasteiger partial charge in [0.25, 0.3) is 0 Å². The molecule has 0 atom stereocenters. The highest BCUT2D eigenvalue weighted by atomic mass is 79.9. The van der Waals surface area contributed by atoms with Crippen LogP contribution in [0.2, 0.25) is 0 Å². The van der Waals surface area contributed by atoms with E-state index in [1.54, 1.807) is 25.6 Å². The summed E-state index contributed by atoms with van der Waals surface area (Å²) >= 11 is 3.43. The number of para-hydroxylation sites is 1. The molecule has 0 saturated carbocycles. The number of hydrogen-bond acceptors (Lipinski definition) is 3. The summed E-state index contributed by atoms with van der Waals surface area (Å²) in [4.78, 5) is 15.5. The highest BCUT2D eigenvalue weighted by Crippen LogP contribution is 2.30. The molecule has 1 N–H and O–H groups in total. The average molecular weight is 347 g/mol. The van der Waals surface area contributed by atoms with Gasteiger partial charge in [-0.05, 0) is 30.3 Å². The lowest BCUT2D eigenvalue weighted by Gasteiger charge is -2.10. The first-order valence-corrected chi connectivity index (χ1v) is 6.94. The molecule has 2 aromatic carbocycles. The Morgan fingerprint density at radius 2 is 2.14 bits per heavy atom. The van der Waals surface area contributed by atoms with Crippen LogP contribution in [0.5, 0.6) is 5.75 Å². The third kappa shape index (κ3) is 2.27. The van der Waals surface area contributed by atoms with Crippen molar-refractivity contribution in [2.24, 2.45) is 0 Å². The van der Waals surface area contributed by atoms with Gasteiger partial charge in [0.2, 0.25) is 0 Å². The highest BCUT2D eigenvalue weighted by Gasteiger charge is 2.15. The molecule has 0 aliphatic rings. The second-order valence-corrected chi connectivity index (χ2v) is 5.32. The number of methoxy groups -OCH3 is 1. The Morgan fingerprint density at radius 3 is 2.86 bits per heavy atom. The highest BCUT2D eigenvalue weighted by molar-refractivity contribution is 9.10. The summed E-state index contributed by atoms with van der Waals surface area (Å²) in [5.74, 6) is -0.315. The number of imidazole rings is 1. The third-order valence-electron chi connectivity index (χ3n) is 3.21. The Balaban J connectivity index is 2.30. The fourth-order valence-corrected chi connectivity index (χ4v) is 2.60. The van der Waals surface area contributed by atoms with Gasteiger partial charge in [-0.15, -0.1) is 0 Å². The Kier molecular flexibility index (Phi) is 3.39. The Morgan fingerprint density at radius 1 is 1.33 bits per heavy atom. The number of halogens is 1. The minimum absolute atomic E-state index is 0.181. The standard InChI is InChI=1S/C15H11BrN2O3/c1-21-13-6-5-9(16)7-12(13)18-8-17-14-10(15(19)20)3-2-4-11(14)18/h2-8H,1H3,(H,19,20). The Hall–Kier alpha value is -2.34. The zero-order valence-corrected chi connectivity index (χ0v) is 12.7. The minimum atomic E-state index is -0.993. The summed E-state index contributed by atoms with van der Waals surface area (Å²) in [5.41, 5.74) is 2.13. The van der Waals surface area contributed by atoms with E-state index in [2.05, 4.69) is 20.9 Å². The van der Waals surface area contributed by atoms with Crippen LogP contribution in [0.3, 0.4) is 0 Å². The van der Waals surface area contributed by atoms with Gasteiger partial charge in [-0.2, -0.15) is 0 Å². The predicted molar refractivity (Wildman–Crippen MR) is 82.3 cm³/mol. The van der Waals surface area contributed by atoms with Crippen LogP contribution in [0.25, 0.3) is 16.7 Å². The molecule has 0 unspecified atom stereocenters. The van der Waals surface area contributed by atoms with Gasteiger partial charge in [0.05, 0.1) is 23.9 Å². The first-order valence-electron chi connectivity index (χ1n) is 6.15. The Bertz CT molecular complexity index is 842. The van der Waals surface area contributed by atoms with Gasteiger partial charge in [-0.3, -0.25) is 4.57 Å². The predicted octanol–water partition coefficient (Wildman–Crippen LogP) is 3.49. The van der Waals surface area contributed by atoms with Crippen molar-refractivity contribution in [1.29, 1.82) is 0 Å². The van der Waals surface area contributed by atoms with Crippen molar-refractivity contribution >= 4 is 32.9 Å². The number of aromatic carboxylic acids is 1. The largest absolute Gasteiger partial charge is 0.495 e. The molecule has 0 bridgehead atoms. The topological polar surface area (TPSA) is 64.4 Å². The SMILES string of the molecule is COc1ccc(Br)cc1-n1cnc2c(C(=O)O)cccc21. The quantitative estimate of drug-likeness (QED) is 0.788. The van der Waals surface area contributed by atoms with E-state index in [0.29, 0.717) is 16.8 Å². The van der Waals surface area contributed by atoms with Gasteiger partial charge in [-0.1, -0.05) is 22.0 Å². The van der Waals surface area contributed by atoms with Crippen molar-refractivity contribution in [2.75, 3.05) is 7.11 Å². The number of benzene rings is 2. The molecule has 5 nitrogen and oxygen atoms in total. The first-order chi connectivity index (χ1) is 10.1. The summed E-state index contributed by atoms with van der Waals surface area (Å²) in [6.07, 6.45) is 1.60. The molecule has 0 aliphatic heterocycles. The number of nitrogens with zero attached hydrogens (tertiary/aromatic N) is 2. The smallest absolute Gasteiger partial charge is 0.337 e. The molecule has 0 fully saturated rings. The average Bonchev–Trinajstić information content (AvgIpc) is 2.90. The summed E-state index contributed by atoms with van der Waals surface area (Å²) < 4.78 is 8.07. The lowest BCUT2D eigenvalue weighted by molar-refractivity contribution is 0.0699. The van der Waals surface area contributed by atoms with Crippen LogP contribution < -0.4 is 4.74 Å². The van der Waals surface area contributed by atoms with E-state index in [0.717, 1.165) is 10.2 Å². The van der Waals surface area contributed by atoms with Crippen molar-refractivity contribution < 1.29 is 14.6 Å². The van der Waals surface area contributed by atoms with E-state index >= 15 is 0 Å². The number of carboxylic acid groups (broad SMARTS) is 1. The maximum Gasteiger partial charge on any atom is 0.337 e. The van der Waals surface area contributed by atoms with Gasteiger partial charge in [0.15, 0.2) is 0 Å². The second kappa shape index (κ2) is 5.21. The molecule has 1 aromatic heterocycles. The number of aromatic nitrogens is 2. The van der Waals surface area contributed by atoms with Crippen LogP contribution in [0.1, 0.15) is 10.4 Å². The Labute approximate surface area is 128 Å². The van der Waals surface area contributed by atoms with Crippen molar-refractivity contribution in [1.82, 2.24) is 9.55 Å². The summed E-state index contributed by atoms with van der Waals surface area (Å²) in [7, 11) is 1.59. The fourth-order valence-electron chi connectivity index (χ4n) is 2.26. The molecular weight excluding hydrogens is 336 g/mol. The van der Waals surface area contributed by atoms with Crippen molar-refractivity contribution in [2.45, 2.75) is 0 Å². The minimum Gasteiger partial charge on any atom is -0.495 e. The van der Waals surface area contributed by atoms with Gasteiger partial charge in [-0.25, -0.2) is 9.78 Å². The van der Waals surface area contributed by atoms with Gasteiger partial charge >= 0.3 is 5.97 Å². The van der Waals surface area contributed by atoms with E-state index in [1.807, 2.05) is 28.8 Å². The molecule has 106 valence electrons. The van der Waals surface area contributed by atoms with E-state index in [-0.39, 0.29) is 5.56 Å². The van der Waals surface area contributed by atoms with Crippen LogP contribution in [0.4, 0.5) is 0 Å². The monoisotopic (exact) mass is 346 g/mol. The number of carboxylic acids is 1. The summed E-state index contributed by atoms with van der Waals surface area (Å²) in [5, 5.41) is 9.23. The van der Waals surface area contributed by atoms with Crippen LogP contribution in [-0.2, 0) is 0 Å². The van der Waals surface area contributed by atoms with Gasteiger partial charge in [0, 0.05) is 4.47 Å². The molecule has 3 aromatic rings.